The van der Waals surface area contributed by atoms with Crippen LogP contribution < -0.4 is 9.62 Å². The van der Waals surface area contributed by atoms with Crippen molar-refractivity contribution in [3.8, 4) is 0 Å². The summed E-state index contributed by atoms with van der Waals surface area (Å²) in [5.41, 5.74) is 1.18. The molecule has 0 aliphatic heterocycles. The summed E-state index contributed by atoms with van der Waals surface area (Å²) >= 11 is 18.0. The number of amides is 2. The van der Waals surface area contributed by atoms with Crippen LogP contribution in [0.5, 0.6) is 0 Å². The first-order chi connectivity index (χ1) is 15.9. The van der Waals surface area contributed by atoms with E-state index in [1.807, 2.05) is 0 Å². The molecule has 1 unspecified atom stereocenters. The summed E-state index contributed by atoms with van der Waals surface area (Å²) in [6.07, 6.45) is 1.41. The van der Waals surface area contributed by atoms with Crippen molar-refractivity contribution >= 4 is 62.3 Å². The summed E-state index contributed by atoms with van der Waals surface area (Å²) in [4.78, 5) is 27.1. The maximum absolute atomic E-state index is 13.2. The Morgan fingerprint density at radius 2 is 1.68 bits per heavy atom. The molecule has 0 aromatic heterocycles. The van der Waals surface area contributed by atoms with Crippen molar-refractivity contribution < 1.29 is 18.0 Å². The van der Waals surface area contributed by atoms with E-state index in [2.05, 4.69) is 5.32 Å². The number of sulfonamides is 1. The largest absolute Gasteiger partial charge is 0.355 e. The predicted molar refractivity (Wildman–Crippen MR) is 138 cm³/mol. The number of rotatable bonds is 11. The quantitative estimate of drug-likeness (QED) is 0.439. The van der Waals surface area contributed by atoms with Crippen molar-refractivity contribution in [3.63, 3.8) is 0 Å². The van der Waals surface area contributed by atoms with Crippen molar-refractivity contribution in [1.82, 2.24) is 10.2 Å². The number of halogens is 3. The van der Waals surface area contributed by atoms with Crippen LogP contribution in [0.15, 0.2) is 42.5 Å². The summed E-state index contributed by atoms with van der Waals surface area (Å²) in [7, 11) is -3.57. The molecular weight excluding hydrogens is 521 g/mol. The van der Waals surface area contributed by atoms with Crippen LogP contribution in [0.1, 0.15) is 32.3 Å². The Bertz CT molecular complexity index is 1110. The molecule has 7 nitrogen and oxygen atoms in total. The molecule has 186 valence electrons. The van der Waals surface area contributed by atoms with Crippen LogP contribution in [0.4, 0.5) is 5.69 Å². The first-order valence-electron chi connectivity index (χ1n) is 10.7. The Morgan fingerprint density at radius 1 is 1.03 bits per heavy atom. The minimum Gasteiger partial charge on any atom is -0.355 e. The second kappa shape index (κ2) is 12.6. The zero-order chi connectivity index (χ0) is 25.5. The molecule has 0 bridgehead atoms. The number of carbonyl (C=O) groups excluding carboxylic acids is 2. The average Bonchev–Trinajstić information content (AvgIpc) is 2.77. The van der Waals surface area contributed by atoms with E-state index in [1.165, 1.54) is 9.21 Å². The molecular formula is C23H28Cl3N3O4S. The van der Waals surface area contributed by atoms with Gasteiger partial charge in [0.1, 0.15) is 6.04 Å². The summed E-state index contributed by atoms with van der Waals surface area (Å²) < 4.78 is 25.9. The molecule has 34 heavy (non-hydrogen) atoms. The summed E-state index contributed by atoms with van der Waals surface area (Å²) in [5, 5.41) is 3.96. The molecule has 0 aliphatic rings. The molecule has 0 heterocycles. The van der Waals surface area contributed by atoms with Gasteiger partial charge in [0.25, 0.3) is 0 Å². The number of nitrogens with one attached hydrogen (secondary N) is 1. The third-order valence-electron chi connectivity index (χ3n) is 5.12. The molecule has 1 N–H and O–H groups in total. The van der Waals surface area contributed by atoms with E-state index < -0.39 is 16.1 Å². The van der Waals surface area contributed by atoms with Gasteiger partial charge in [0.15, 0.2) is 0 Å². The summed E-state index contributed by atoms with van der Waals surface area (Å²) in [6.45, 7) is 4.13. The second-order valence-corrected chi connectivity index (χ2v) is 10.9. The highest BCUT2D eigenvalue weighted by molar-refractivity contribution is 7.92. The molecule has 0 aliphatic carbocycles. The predicted octanol–water partition coefficient (Wildman–Crippen LogP) is 4.75. The van der Waals surface area contributed by atoms with E-state index in [-0.39, 0.29) is 37.7 Å². The Hall–Kier alpha value is -2.00. The van der Waals surface area contributed by atoms with Crippen molar-refractivity contribution in [1.29, 1.82) is 0 Å². The maximum atomic E-state index is 13.2. The first-order valence-corrected chi connectivity index (χ1v) is 13.7. The lowest BCUT2D eigenvalue weighted by Crippen LogP contribution is -2.47. The highest BCUT2D eigenvalue weighted by Gasteiger charge is 2.26. The molecule has 0 radical (unpaired) electrons. The van der Waals surface area contributed by atoms with Crippen molar-refractivity contribution in [2.45, 2.75) is 39.3 Å². The highest BCUT2D eigenvalue weighted by atomic mass is 35.5. The van der Waals surface area contributed by atoms with E-state index >= 15 is 0 Å². The molecule has 2 aromatic rings. The van der Waals surface area contributed by atoms with Crippen molar-refractivity contribution in [2.75, 3.05) is 23.7 Å². The summed E-state index contributed by atoms with van der Waals surface area (Å²) in [6, 6.07) is 10.7. The monoisotopic (exact) mass is 547 g/mol. The van der Waals surface area contributed by atoms with E-state index in [0.29, 0.717) is 27.3 Å². The normalized spacial score (nSPS) is 12.2. The topological polar surface area (TPSA) is 86.8 Å². The van der Waals surface area contributed by atoms with Crippen molar-refractivity contribution in [2.24, 2.45) is 0 Å². The van der Waals surface area contributed by atoms with Gasteiger partial charge in [-0.25, -0.2) is 8.42 Å². The van der Waals surface area contributed by atoms with Gasteiger partial charge in [-0.05, 0) is 62.2 Å². The van der Waals surface area contributed by atoms with Crippen LogP contribution in [-0.4, -0.2) is 50.5 Å². The molecule has 0 spiro atoms. The average molecular weight is 549 g/mol. The fraction of sp³-hybridized carbons (Fsp3) is 0.391. The highest BCUT2D eigenvalue weighted by Crippen LogP contribution is 2.24. The van der Waals surface area contributed by atoms with Gasteiger partial charge in [-0.1, -0.05) is 40.9 Å². The molecule has 0 fully saturated rings. The number of carbonyl (C=O) groups is 2. The molecule has 0 saturated carbocycles. The van der Waals surface area contributed by atoms with Gasteiger partial charge in [-0.15, -0.1) is 0 Å². The Labute approximate surface area is 216 Å². The lowest BCUT2D eigenvalue weighted by atomic mass is 10.1. The molecule has 2 amide bonds. The van der Waals surface area contributed by atoms with Gasteiger partial charge in [-0.3, -0.25) is 13.9 Å². The lowest BCUT2D eigenvalue weighted by molar-refractivity contribution is -0.140. The van der Waals surface area contributed by atoms with E-state index in [9.17, 15) is 18.0 Å². The number of hydrogen-bond donors (Lipinski definition) is 1. The first kappa shape index (κ1) is 28.2. The van der Waals surface area contributed by atoms with Gasteiger partial charge in [-0.2, -0.15) is 0 Å². The fourth-order valence-electron chi connectivity index (χ4n) is 3.35. The smallest absolute Gasteiger partial charge is 0.242 e. The number of nitrogens with zero attached hydrogens (tertiary/aromatic N) is 2. The standard InChI is InChI=1S/C23H28Cl3N3O4S/c1-4-27-23(31)16(2)28(15-17-7-12-20(25)21(26)14-17)22(30)6-5-13-29(34(3,32)33)19-10-8-18(24)9-11-19/h7-12,14,16H,4-6,13,15H2,1-3H3,(H,27,31). The Kier molecular flexibility index (Phi) is 10.5. The van der Waals surface area contributed by atoms with Gasteiger partial charge in [0, 0.05) is 31.1 Å². The zero-order valence-electron chi connectivity index (χ0n) is 19.2. The third kappa shape index (κ3) is 8.05. The minimum atomic E-state index is -3.57. The van der Waals surface area contributed by atoms with Crippen LogP contribution in [0.3, 0.4) is 0 Å². The van der Waals surface area contributed by atoms with Gasteiger partial charge in [0.05, 0.1) is 22.0 Å². The van der Waals surface area contributed by atoms with E-state index in [4.69, 9.17) is 34.8 Å². The second-order valence-electron chi connectivity index (χ2n) is 7.76. The Morgan fingerprint density at radius 3 is 2.24 bits per heavy atom. The zero-order valence-corrected chi connectivity index (χ0v) is 22.3. The number of anilines is 1. The molecule has 2 aromatic carbocycles. The summed E-state index contributed by atoms with van der Waals surface area (Å²) in [5.74, 6) is -0.566. The number of hydrogen-bond acceptors (Lipinski definition) is 4. The van der Waals surface area contributed by atoms with E-state index in [0.717, 1.165) is 11.8 Å². The van der Waals surface area contributed by atoms with Gasteiger partial charge >= 0.3 is 0 Å². The third-order valence-corrected chi connectivity index (χ3v) is 7.31. The molecule has 0 saturated heterocycles. The van der Waals surface area contributed by atoms with Gasteiger partial charge in [0.2, 0.25) is 21.8 Å². The van der Waals surface area contributed by atoms with Crippen molar-refractivity contribution in [3.05, 3.63) is 63.1 Å². The molecule has 11 heteroatoms. The number of benzene rings is 2. The molecule has 2 rings (SSSR count). The van der Waals surface area contributed by atoms with Crippen LogP contribution in [0.25, 0.3) is 0 Å². The van der Waals surface area contributed by atoms with Gasteiger partial charge < -0.3 is 10.2 Å². The number of likely N-dealkylation sites (N-methyl/N-ethyl adjacent to an activating group) is 1. The lowest BCUT2D eigenvalue weighted by Gasteiger charge is -2.29. The Balaban J connectivity index is 2.17. The SMILES string of the molecule is CCNC(=O)C(C)N(Cc1ccc(Cl)c(Cl)c1)C(=O)CCCN(c1ccc(Cl)cc1)S(C)(=O)=O. The maximum Gasteiger partial charge on any atom is 0.242 e. The van der Waals surface area contributed by atoms with Crippen LogP contribution in [0.2, 0.25) is 15.1 Å². The van der Waals surface area contributed by atoms with E-state index in [1.54, 1.807) is 56.3 Å². The van der Waals surface area contributed by atoms with Crippen LogP contribution in [-0.2, 0) is 26.2 Å². The minimum absolute atomic E-state index is 0.0463. The fourth-order valence-corrected chi connectivity index (χ4v) is 4.76. The molecule has 1 atom stereocenters. The van der Waals surface area contributed by atoms with Crippen LogP contribution in [0, 0.1) is 0 Å². The van der Waals surface area contributed by atoms with Crippen LogP contribution >= 0.6 is 34.8 Å².